The standard InChI is InChI=1S/C29H37F3O5S/c1-16-10-19-20-13-22(31)21-12-18(33)8-9-26(21,2)28(20,32)23(34)14-27(19,3)29(16,25(36)38-15-30)37-24(35)11-17-6-4-5-7-17/h8-9,12,16-17,19-20,22-23,34H,4-7,10-11,13-15H2,1-3H3/t16-,19+,20+,22+,23+,26+,27+,28+,29+/m1/s1. The first kappa shape index (κ1) is 27.9. The van der Waals surface area contributed by atoms with E-state index in [2.05, 4.69) is 0 Å². The molecule has 0 heterocycles. The Morgan fingerprint density at radius 2 is 1.87 bits per heavy atom. The van der Waals surface area contributed by atoms with E-state index in [9.17, 15) is 23.9 Å². The van der Waals surface area contributed by atoms with Crippen LogP contribution in [0.4, 0.5) is 13.2 Å². The van der Waals surface area contributed by atoms with Gasteiger partial charge >= 0.3 is 5.97 Å². The molecule has 5 aliphatic rings. The lowest BCUT2D eigenvalue weighted by atomic mass is 9.44. The molecular weight excluding hydrogens is 517 g/mol. The lowest BCUT2D eigenvalue weighted by Gasteiger charge is -2.63. The third-order valence-electron chi connectivity index (χ3n) is 10.9. The molecule has 9 heteroatoms. The Labute approximate surface area is 226 Å². The molecule has 0 aromatic heterocycles. The number of hydrogen-bond acceptors (Lipinski definition) is 6. The average molecular weight is 555 g/mol. The number of rotatable bonds is 5. The summed E-state index contributed by atoms with van der Waals surface area (Å²) in [6, 6.07) is -1.01. The van der Waals surface area contributed by atoms with Crippen molar-refractivity contribution < 1.29 is 37.4 Å². The molecule has 0 aliphatic heterocycles. The lowest BCUT2D eigenvalue weighted by Crippen LogP contribution is -2.70. The third-order valence-corrected chi connectivity index (χ3v) is 11.5. The number of thioether (sulfide) groups is 1. The summed E-state index contributed by atoms with van der Waals surface area (Å²) in [5, 5.41) is 10.9. The number of aliphatic hydroxyl groups is 1. The van der Waals surface area contributed by atoms with Gasteiger partial charge in [-0.2, -0.15) is 0 Å². The SMILES string of the molecule is C[C@@H]1C[C@H]2[C@@H]3C[C@H](F)C4=CC(=O)C=C[C@]4(C)[C@@]3(F)[C@@H](O)C[C@]2(C)[C@@]1(OC(=O)CC1CCCC1)C(=O)SCF. The van der Waals surface area contributed by atoms with Crippen LogP contribution in [0.2, 0.25) is 0 Å². The van der Waals surface area contributed by atoms with Crippen molar-refractivity contribution in [2.45, 2.75) is 95.7 Å². The summed E-state index contributed by atoms with van der Waals surface area (Å²) in [5.74, 6) is -3.01. The van der Waals surface area contributed by atoms with E-state index in [-0.39, 0.29) is 37.2 Å². The van der Waals surface area contributed by atoms with Crippen molar-refractivity contribution in [1.82, 2.24) is 0 Å². The van der Waals surface area contributed by atoms with Crippen molar-refractivity contribution in [3.63, 3.8) is 0 Å². The van der Waals surface area contributed by atoms with Crippen LogP contribution >= 0.6 is 11.8 Å². The van der Waals surface area contributed by atoms with E-state index < -0.39 is 75.0 Å². The van der Waals surface area contributed by atoms with Crippen LogP contribution in [0.5, 0.6) is 0 Å². The van der Waals surface area contributed by atoms with Crippen molar-refractivity contribution in [2.24, 2.45) is 34.5 Å². The van der Waals surface area contributed by atoms with E-state index in [0.29, 0.717) is 11.8 Å². The molecule has 0 amide bonds. The van der Waals surface area contributed by atoms with E-state index in [1.807, 2.05) is 0 Å². The first-order valence-electron chi connectivity index (χ1n) is 13.8. The molecule has 0 unspecified atom stereocenters. The second-order valence-corrected chi connectivity index (χ2v) is 13.5. The van der Waals surface area contributed by atoms with Crippen molar-refractivity contribution in [3.05, 3.63) is 23.8 Å². The number of esters is 1. The molecular formula is C29H37F3O5S. The highest BCUT2D eigenvalue weighted by Crippen LogP contribution is 2.72. The predicted molar refractivity (Wildman–Crippen MR) is 137 cm³/mol. The number of allylic oxidation sites excluding steroid dienone is 4. The average Bonchev–Trinajstić information content (AvgIpc) is 3.43. The summed E-state index contributed by atoms with van der Waals surface area (Å²) in [6.07, 6.45) is 4.28. The van der Waals surface area contributed by atoms with E-state index >= 15 is 8.78 Å². The van der Waals surface area contributed by atoms with Gasteiger partial charge in [-0.25, -0.2) is 13.2 Å². The van der Waals surface area contributed by atoms with Gasteiger partial charge in [0.15, 0.2) is 17.1 Å². The summed E-state index contributed by atoms with van der Waals surface area (Å²) in [6.45, 7) is 4.98. The third kappa shape index (κ3) is 3.66. The fourth-order valence-electron chi connectivity index (χ4n) is 9.05. The molecule has 210 valence electrons. The Bertz CT molecular complexity index is 1090. The van der Waals surface area contributed by atoms with Crippen LogP contribution in [0.25, 0.3) is 0 Å². The quantitative estimate of drug-likeness (QED) is 0.446. The molecule has 1 N–H and O–H groups in total. The topological polar surface area (TPSA) is 80.7 Å². The number of fused-ring (bicyclic) bond motifs is 5. The Kier molecular flexibility index (Phi) is 6.98. The van der Waals surface area contributed by atoms with E-state index in [0.717, 1.165) is 31.8 Å². The number of carbonyl (C=O) groups excluding carboxylic acids is 3. The Hall–Kier alpha value is -1.61. The van der Waals surface area contributed by atoms with Gasteiger partial charge in [0.2, 0.25) is 5.12 Å². The van der Waals surface area contributed by atoms with Gasteiger partial charge in [0.05, 0.1) is 6.10 Å². The highest BCUT2D eigenvalue weighted by Gasteiger charge is 2.78. The van der Waals surface area contributed by atoms with Crippen LogP contribution in [-0.2, 0) is 19.1 Å². The fourth-order valence-corrected chi connectivity index (χ4v) is 9.84. The van der Waals surface area contributed by atoms with Gasteiger partial charge in [-0.1, -0.05) is 32.8 Å². The van der Waals surface area contributed by atoms with Gasteiger partial charge in [-0.3, -0.25) is 14.4 Å². The Balaban J connectivity index is 1.57. The van der Waals surface area contributed by atoms with E-state index in [1.165, 1.54) is 19.1 Å². The van der Waals surface area contributed by atoms with Gasteiger partial charge in [0.1, 0.15) is 12.2 Å². The van der Waals surface area contributed by atoms with Crippen LogP contribution in [0.15, 0.2) is 23.8 Å². The molecule has 9 atom stereocenters. The number of halogens is 3. The van der Waals surface area contributed by atoms with Gasteiger partial charge in [0.25, 0.3) is 0 Å². The summed E-state index contributed by atoms with van der Waals surface area (Å²) < 4.78 is 52.8. The highest BCUT2D eigenvalue weighted by atomic mass is 32.2. The minimum absolute atomic E-state index is 0.0239. The molecule has 0 spiro atoms. The normalized spacial score (nSPS) is 46.2. The highest BCUT2D eigenvalue weighted by molar-refractivity contribution is 8.13. The smallest absolute Gasteiger partial charge is 0.307 e. The molecule has 4 fully saturated rings. The van der Waals surface area contributed by atoms with E-state index in [1.54, 1.807) is 13.8 Å². The van der Waals surface area contributed by atoms with Gasteiger partial charge in [-0.15, -0.1) is 0 Å². The second kappa shape index (κ2) is 9.50. The fraction of sp³-hybridized carbons (Fsp3) is 0.759. The van der Waals surface area contributed by atoms with Crippen molar-refractivity contribution in [2.75, 3.05) is 6.01 Å². The maximum Gasteiger partial charge on any atom is 0.307 e. The van der Waals surface area contributed by atoms with Crippen LogP contribution in [0.3, 0.4) is 0 Å². The van der Waals surface area contributed by atoms with Crippen LogP contribution < -0.4 is 0 Å². The van der Waals surface area contributed by atoms with Crippen molar-refractivity contribution in [3.8, 4) is 0 Å². The largest absolute Gasteiger partial charge is 0.449 e. The minimum atomic E-state index is -2.30. The summed E-state index contributed by atoms with van der Waals surface area (Å²) >= 11 is 0.428. The molecule has 5 rings (SSSR count). The maximum absolute atomic E-state index is 17.4. The van der Waals surface area contributed by atoms with E-state index in [4.69, 9.17) is 4.74 Å². The molecule has 0 aromatic carbocycles. The van der Waals surface area contributed by atoms with Crippen molar-refractivity contribution in [1.29, 1.82) is 0 Å². The van der Waals surface area contributed by atoms with Crippen LogP contribution in [0.1, 0.15) is 72.1 Å². The number of aliphatic hydroxyl groups excluding tert-OH is 1. The van der Waals surface area contributed by atoms with Crippen molar-refractivity contribution >= 4 is 28.6 Å². The number of hydrogen-bond donors (Lipinski definition) is 1. The Morgan fingerprint density at radius 1 is 1.18 bits per heavy atom. The number of alkyl halides is 3. The molecule has 38 heavy (non-hydrogen) atoms. The first-order valence-corrected chi connectivity index (χ1v) is 14.7. The van der Waals surface area contributed by atoms with Gasteiger partial charge in [0, 0.05) is 29.1 Å². The zero-order valence-corrected chi connectivity index (χ0v) is 23.0. The molecule has 4 saturated carbocycles. The predicted octanol–water partition coefficient (Wildman–Crippen LogP) is 5.60. The second-order valence-electron chi connectivity index (χ2n) is 12.6. The molecule has 0 radical (unpaired) electrons. The van der Waals surface area contributed by atoms with Gasteiger partial charge < -0.3 is 9.84 Å². The molecule has 5 nitrogen and oxygen atoms in total. The first-order chi connectivity index (χ1) is 17.8. The maximum atomic E-state index is 17.4. The zero-order chi connectivity index (χ0) is 27.7. The summed E-state index contributed by atoms with van der Waals surface area (Å²) in [4.78, 5) is 39.0. The number of ether oxygens (including phenoxy) is 1. The van der Waals surface area contributed by atoms with Crippen LogP contribution in [-0.4, -0.2) is 51.5 Å². The molecule has 5 aliphatic carbocycles. The molecule has 0 aromatic rings. The molecule has 0 bridgehead atoms. The summed E-state index contributed by atoms with van der Waals surface area (Å²) in [5.41, 5.74) is -6.83. The Morgan fingerprint density at radius 3 is 2.53 bits per heavy atom. The van der Waals surface area contributed by atoms with Gasteiger partial charge in [-0.05, 0) is 80.4 Å². The minimum Gasteiger partial charge on any atom is -0.449 e. The monoisotopic (exact) mass is 554 g/mol. The number of ketones is 1. The zero-order valence-electron chi connectivity index (χ0n) is 22.2. The summed E-state index contributed by atoms with van der Waals surface area (Å²) in [7, 11) is 0. The van der Waals surface area contributed by atoms with Crippen LogP contribution in [0, 0.1) is 34.5 Å². The molecule has 0 saturated heterocycles. The lowest BCUT2D eigenvalue weighted by molar-refractivity contribution is -0.229. The number of carbonyl (C=O) groups is 3.